The van der Waals surface area contributed by atoms with Crippen molar-refractivity contribution in [3.05, 3.63) is 81.0 Å². The van der Waals surface area contributed by atoms with Crippen molar-refractivity contribution in [1.29, 1.82) is 0 Å². The molecule has 0 saturated heterocycles. The third kappa shape index (κ3) is 4.77. The highest BCUT2D eigenvalue weighted by molar-refractivity contribution is 5.80. The molecule has 33 heavy (non-hydrogen) atoms. The number of aromatic amines is 1. The average Bonchev–Trinajstić information content (AvgIpc) is 3.38. The van der Waals surface area contributed by atoms with Crippen molar-refractivity contribution < 1.29 is 0 Å². The predicted octanol–water partition coefficient (Wildman–Crippen LogP) is 3.14. The summed E-state index contributed by atoms with van der Waals surface area (Å²) in [6.07, 6.45) is 1.60. The first-order valence-corrected chi connectivity index (χ1v) is 11.1. The highest BCUT2D eigenvalue weighted by Gasteiger charge is 2.13. The Hall–Kier alpha value is -4.01. The van der Waals surface area contributed by atoms with E-state index in [1.165, 1.54) is 10.6 Å². The van der Waals surface area contributed by atoms with Gasteiger partial charge in [0.15, 0.2) is 0 Å². The predicted molar refractivity (Wildman–Crippen MR) is 128 cm³/mol. The fourth-order valence-electron chi connectivity index (χ4n) is 3.78. The first-order chi connectivity index (χ1) is 16.1. The Kier molecular flexibility index (Phi) is 6.77. The van der Waals surface area contributed by atoms with Crippen LogP contribution in [0.25, 0.3) is 22.5 Å². The molecular weight excluding hydrogens is 418 g/mol. The summed E-state index contributed by atoms with van der Waals surface area (Å²) in [6.45, 7) is 5.44. The van der Waals surface area contributed by atoms with Crippen molar-refractivity contribution in [2.75, 3.05) is 11.9 Å². The summed E-state index contributed by atoms with van der Waals surface area (Å²) < 4.78 is 2.93. The summed E-state index contributed by atoms with van der Waals surface area (Å²) in [7, 11) is 0. The maximum absolute atomic E-state index is 13.1. The molecule has 9 nitrogen and oxygen atoms in total. The molecule has 2 heterocycles. The van der Waals surface area contributed by atoms with Gasteiger partial charge < -0.3 is 5.32 Å². The molecule has 2 N–H and O–H groups in total. The van der Waals surface area contributed by atoms with Gasteiger partial charge in [-0.15, -0.1) is 10.2 Å². The third-order valence-corrected chi connectivity index (χ3v) is 5.40. The van der Waals surface area contributed by atoms with Crippen LogP contribution in [-0.2, 0) is 13.1 Å². The zero-order chi connectivity index (χ0) is 23.2. The van der Waals surface area contributed by atoms with E-state index in [2.05, 4.69) is 25.9 Å². The van der Waals surface area contributed by atoms with Crippen LogP contribution in [0.15, 0.2) is 64.2 Å². The molecule has 170 valence electrons. The third-order valence-electron chi connectivity index (χ3n) is 5.40. The summed E-state index contributed by atoms with van der Waals surface area (Å²) >= 11 is 0. The Morgan fingerprint density at radius 3 is 2.36 bits per heavy atom. The molecule has 0 bridgehead atoms. The number of nitrogens with one attached hydrogen (secondary N) is 2. The quantitative estimate of drug-likeness (QED) is 0.410. The van der Waals surface area contributed by atoms with Gasteiger partial charge in [-0.3, -0.25) is 13.9 Å². The van der Waals surface area contributed by atoms with Gasteiger partial charge in [0, 0.05) is 24.7 Å². The first-order valence-electron chi connectivity index (χ1n) is 11.1. The lowest BCUT2D eigenvalue weighted by Crippen LogP contribution is -2.40. The maximum Gasteiger partial charge on any atom is 0.332 e. The monoisotopic (exact) mass is 445 g/mol. The summed E-state index contributed by atoms with van der Waals surface area (Å²) in [5.74, 6) is 1.08. The number of hydrogen-bond acceptors (Lipinski definition) is 6. The number of tetrazole rings is 1. The lowest BCUT2D eigenvalue weighted by molar-refractivity contribution is 0.568. The van der Waals surface area contributed by atoms with Crippen LogP contribution in [0.2, 0.25) is 0 Å². The molecule has 2 aromatic heterocycles. The van der Waals surface area contributed by atoms with E-state index in [1.54, 1.807) is 4.57 Å². The van der Waals surface area contributed by atoms with E-state index in [-0.39, 0.29) is 11.2 Å². The molecule has 2 aromatic carbocycles. The van der Waals surface area contributed by atoms with Gasteiger partial charge in [0.2, 0.25) is 5.82 Å². The molecule has 4 rings (SSSR count). The molecule has 9 heteroatoms. The van der Waals surface area contributed by atoms with Gasteiger partial charge in [0.25, 0.3) is 5.56 Å². The van der Waals surface area contributed by atoms with Crippen LogP contribution in [0.3, 0.4) is 0 Å². The van der Waals surface area contributed by atoms with E-state index in [1.807, 2.05) is 62.4 Å². The molecule has 0 aliphatic heterocycles. The summed E-state index contributed by atoms with van der Waals surface area (Å²) in [6, 6.07) is 17.4. The number of hydrogen-bond donors (Lipinski definition) is 2. The number of H-pyrrole nitrogens is 1. The van der Waals surface area contributed by atoms with E-state index in [0.29, 0.717) is 37.7 Å². The fraction of sp³-hybridized carbons (Fsp3) is 0.292. The largest absolute Gasteiger partial charge is 0.371 e. The average molecular weight is 446 g/mol. The van der Waals surface area contributed by atoms with Crippen molar-refractivity contribution in [3.63, 3.8) is 0 Å². The highest BCUT2D eigenvalue weighted by atomic mass is 16.2. The highest BCUT2D eigenvalue weighted by Crippen LogP contribution is 2.29. The van der Waals surface area contributed by atoms with E-state index in [0.717, 1.165) is 28.7 Å². The van der Waals surface area contributed by atoms with Crippen LogP contribution < -0.4 is 16.6 Å². The Morgan fingerprint density at radius 2 is 1.70 bits per heavy atom. The molecule has 0 saturated carbocycles. The van der Waals surface area contributed by atoms with E-state index >= 15 is 0 Å². The van der Waals surface area contributed by atoms with Crippen LogP contribution in [0.4, 0.5) is 5.82 Å². The molecule has 0 aliphatic carbocycles. The Labute approximate surface area is 191 Å². The van der Waals surface area contributed by atoms with Gasteiger partial charge in [-0.05, 0) is 34.7 Å². The number of rotatable bonds is 9. The minimum atomic E-state index is -0.297. The molecule has 0 radical (unpaired) electrons. The van der Waals surface area contributed by atoms with Crippen LogP contribution >= 0.6 is 0 Å². The summed E-state index contributed by atoms with van der Waals surface area (Å²) in [4.78, 5) is 25.5. The molecule has 0 spiro atoms. The van der Waals surface area contributed by atoms with Crippen LogP contribution in [-0.4, -0.2) is 36.3 Å². The maximum atomic E-state index is 13.1. The van der Waals surface area contributed by atoms with E-state index < -0.39 is 0 Å². The SMILES string of the molecule is CCCNc1cc(=O)n(CCC)c(=O)n1Cc1ccc(-c2ccccc2-c2nn[nH]n2)cc1. The zero-order valence-corrected chi connectivity index (χ0v) is 18.8. The van der Waals surface area contributed by atoms with Gasteiger partial charge in [0.1, 0.15) is 5.82 Å². The van der Waals surface area contributed by atoms with Gasteiger partial charge in [-0.2, -0.15) is 5.21 Å². The number of aromatic nitrogens is 6. The molecule has 0 amide bonds. The standard InChI is InChI=1S/C24H27N7O2/c1-3-13-25-21-15-22(32)30(14-4-2)24(33)31(21)16-17-9-11-18(12-10-17)19-7-5-6-8-20(19)23-26-28-29-27-23/h5-12,15,25H,3-4,13-14,16H2,1-2H3,(H,26,27,28,29). The normalized spacial score (nSPS) is 11.0. The Balaban J connectivity index is 1.67. The number of benzene rings is 2. The number of nitrogens with zero attached hydrogens (tertiary/aromatic N) is 5. The van der Waals surface area contributed by atoms with Crippen molar-refractivity contribution in [2.45, 2.75) is 39.8 Å². The fourth-order valence-corrected chi connectivity index (χ4v) is 3.78. The zero-order valence-electron chi connectivity index (χ0n) is 18.8. The topological polar surface area (TPSA) is 110 Å². The Morgan fingerprint density at radius 1 is 0.939 bits per heavy atom. The van der Waals surface area contributed by atoms with Crippen molar-refractivity contribution in [1.82, 2.24) is 29.8 Å². The molecule has 0 fully saturated rings. The molecule has 0 aliphatic rings. The van der Waals surface area contributed by atoms with Crippen molar-refractivity contribution in [3.8, 4) is 22.5 Å². The summed E-state index contributed by atoms with van der Waals surface area (Å²) in [5, 5.41) is 17.6. The van der Waals surface area contributed by atoms with E-state index in [9.17, 15) is 9.59 Å². The second-order valence-electron chi connectivity index (χ2n) is 7.79. The van der Waals surface area contributed by atoms with Gasteiger partial charge in [-0.25, -0.2) is 4.79 Å². The van der Waals surface area contributed by atoms with Crippen LogP contribution in [0, 0.1) is 0 Å². The lowest BCUT2D eigenvalue weighted by atomic mass is 9.98. The van der Waals surface area contributed by atoms with Crippen LogP contribution in [0.5, 0.6) is 0 Å². The van der Waals surface area contributed by atoms with Gasteiger partial charge in [0.05, 0.1) is 6.54 Å². The van der Waals surface area contributed by atoms with Crippen molar-refractivity contribution in [2.24, 2.45) is 0 Å². The molecular formula is C24H27N7O2. The molecule has 4 aromatic rings. The molecule has 0 unspecified atom stereocenters. The van der Waals surface area contributed by atoms with Crippen LogP contribution in [0.1, 0.15) is 32.3 Å². The smallest absolute Gasteiger partial charge is 0.332 e. The first kappa shape index (κ1) is 22.2. The minimum Gasteiger partial charge on any atom is -0.371 e. The Bertz CT molecular complexity index is 1320. The second-order valence-corrected chi connectivity index (χ2v) is 7.79. The second kappa shape index (κ2) is 10.1. The van der Waals surface area contributed by atoms with Gasteiger partial charge in [-0.1, -0.05) is 62.4 Å². The molecule has 0 atom stereocenters. The minimum absolute atomic E-state index is 0.273. The lowest BCUT2D eigenvalue weighted by Gasteiger charge is -2.16. The van der Waals surface area contributed by atoms with Crippen molar-refractivity contribution >= 4 is 5.82 Å². The van der Waals surface area contributed by atoms with Gasteiger partial charge >= 0.3 is 5.69 Å². The summed E-state index contributed by atoms with van der Waals surface area (Å²) in [5.41, 5.74) is 3.27. The van der Waals surface area contributed by atoms with E-state index in [4.69, 9.17) is 0 Å². The number of anilines is 1.